The Morgan fingerprint density at radius 1 is 1.57 bits per heavy atom. The van der Waals surface area contributed by atoms with E-state index in [0.717, 1.165) is 11.8 Å². The highest BCUT2D eigenvalue weighted by Gasteiger charge is 1.64. The number of hydrogen-bond acceptors (Lipinski definition) is 0. The molecule has 0 bridgehead atoms. The van der Waals surface area contributed by atoms with Crippen molar-refractivity contribution in [3.05, 3.63) is 12.2 Å². The van der Waals surface area contributed by atoms with E-state index in [0.29, 0.717) is 0 Å². The number of allylic oxidation sites excluding steroid dienone is 2. The molecule has 0 nitrogen and oxygen atoms in total. The first-order valence-corrected chi connectivity index (χ1v) is 3.18. The fraction of sp³-hybridized carbons (Fsp3) is 0.333. The highest BCUT2D eigenvalue weighted by molar-refractivity contribution is 9.09. The zero-order chi connectivity index (χ0) is 5.54. The molecular formula is C6H7Br. The maximum absolute atomic E-state index is 4.95. The lowest BCUT2D eigenvalue weighted by atomic mass is 10.4. The van der Waals surface area contributed by atoms with Crippen molar-refractivity contribution in [1.29, 1.82) is 0 Å². The molecule has 0 saturated carbocycles. The van der Waals surface area contributed by atoms with Gasteiger partial charge in [-0.15, -0.1) is 12.3 Å². The molecule has 0 fully saturated rings. The Morgan fingerprint density at radius 2 is 2.29 bits per heavy atom. The first kappa shape index (κ1) is 6.78. The molecule has 0 aromatic rings. The molecule has 0 saturated heterocycles. The van der Waals surface area contributed by atoms with Crippen LogP contribution in [0.5, 0.6) is 0 Å². The Labute approximate surface area is 52.7 Å². The first-order valence-electron chi connectivity index (χ1n) is 2.06. The van der Waals surface area contributed by atoms with E-state index in [1.54, 1.807) is 0 Å². The van der Waals surface area contributed by atoms with Gasteiger partial charge < -0.3 is 0 Å². The minimum Gasteiger partial charge on any atom is -0.120 e. The van der Waals surface area contributed by atoms with Crippen LogP contribution in [-0.2, 0) is 0 Å². The summed E-state index contributed by atoms with van der Waals surface area (Å²) >= 11 is 3.22. The van der Waals surface area contributed by atoms with Crippen molar-refractivity contribution in [3.63, 3.8) is 0 Å². The van der Waals surface area contributed by atoms with Gasteiger partial charge in [-0.3, -0.25) is 0 Å². The van der Waals surface area contributed by atoms with Gasteiger partial charge in [0.05, 0.1) is 0 Å². The Bertz CT molecular complexity index is 86.8. The van der Waals surface area contributed by atoms with E-state index in [2.05, 4.69) is 21.9 Å². The second-order valence-corrected chi connectivity index (χ2v) is 1.68. The predicted molar refractivity (Wildman–Crippen MR) is 36.4 cm³/mol. The van der Waals surface area contributed by atoms with Crippen molar-refractivity contribution >= 4 is 15.9 Å². The zero-order valence-corrected chi connectivity index (χ0v) is 5.61. The molecule has 0 amide bonds. The molecule has 0 radical (unpaired) electrons. The number of alkyl halides is 1. The summed E-state index contributed by atoms with van der Waals surface area (Å²) in [5.41, 5.74) is 0. The van der Waals surface area contributed by atoms with Gasteiger partial charge in [0.15, 0.2) is 0 Å². The lowest BCUT2D eigenvalue weighted by molar-refractivity contribution is 1.46. The molecule has 1 heteroatoms. The second kappa shape index (κ2) is 5.78. The molecule has 0 aliphatic carbocycles. The van der Waals surface area contributed by atoms with E-state index >= 15 is 0 Å². The van der Waals surface area contributed by atoms with Crippen LogP contribution in [-0.4, -0.2) is 5.33 Å². The van der Waals surface area contributed by atoms with Crippen LogP contribution in [0.3, 0.4) is 0 Å². The summed E-state index contributed by atoms with van der Waals surface area (Å²) in [6, 6.07) is 0. The van der Waals surface area contributed by atoms with Crippen LogP contribution in [0.2, 0.25) is 0 Å². The fourth-order valence-electron chi connectivity index (χ4n) is 0.214. The van der Waals surface area contributed by atoms with Gasteiger partial charge in [0.25, 0.3) is 0 Å². The number of hydrogen-bond donors (Lipinski definition) is 0. The highest BCUT2D eigenvalue weighted by atomic mass is 79.9. The van der Waals surface area contributed by atoms with Crippen molar-refractivity contribution in [2.75, 3.05) is 5.33 Å². The Morgan fingerprint density at radius 3 is 2.71 bits per heavy atom. The van der Waals surface area contributed by atoms with Crippen molar-refractivity contribution in [2.45, 2.75) is 6.42 Å². The van der Waals surface area contributed by atoms with Gasteiger partial charge in [-0.1, -0.05) is 28.1 Å². The van der Waals surface area contributed by atoms with E-state index in [1.807, 2.05) is 12.2 Å². The monoisotopic (exact) mass is 158 g/mol. The van der Waals surface area contributed by atoms with Crippen molar-refractivity contribution in [2.24, 2.45) is 0 Å². The smallest absolute Gasteiger partial charge is 0.0267 e. The maximum atomic E-state index is 4.95. The third-order valence-electron chi connectivity index (χ3n) is 0.491. The summed E-state index contributed by atoms with van der Waals surface area (Å²) in [6.07, 6.45) is 9.63. The van der Waals surface area contributed by atoms with Gasteiger partial charge >= 0.3 is 0 Å². The van der Waals surface area contributed by atoms with Gasteiger partial charge in [-0.25, -0.2) is 0 Å². The average Bonchev–Trinajstić information content (AvgIpc) is 1.69. The van der Waals surface area contributed by atoms with Crippen LogP contribution in [0.15, 0.2) is 12.2 Å². The van der Waals surface area contributed by atoms with Crippen LogP contribution in [0, 0.1) is 12.3 Å². The minimum absolute atomic E-state index is 0.742. The fourth-order valence-corrected chi connectivity index (χ4v) is 0.479. The Balaban J connectivity index is 2.97. The quantitative estimate of drug-likeness (QED) is 0.328. The van der Waals surface area contributed by atoms with Gasteiger partial charge in [-0.2, -0.15) is 0 Å². The summed E-state index contributed by atoms with van der Waals surface area (Å²) in [7, 11) is 0. The molecule has 0 aromatic carbocycles. The SMILES string of the molecule is C#CC/C=C/CBr. The van der Waals surface area contributed by atoms with E-state index in [1.165, 1.54) is 0 Å². The molecule has 0 N–H and O–H groups in total. The number of terminal acetylenes is 1. The predicted octanol–water partition coefficient (Wildman–Crippen LogP) is 1.96. The van der Waals surface area contributed by atoms with Crippen LogP contribution in [0.25, 0.3) is 0 Å². The van der Waals surface area contributed by atoms with Crippen LogP contribution in [0.4, 0.5) is 0 Å². The summed E-state index contributed by atoms with van der Waals surface area (Å²) < 4.78 is 0. The third-order valence-corrected chi connectivity index (χ3v) is 0.865. The third kappa shape index (κ3) is 5.78. The van der Waals surface area contributed by atoms with Gasteiger partial charge in [0.1, 0.15) is 0 Å². The maximum Gasteiger partial charge on any atom is 0.0267 e. The van der Waals surface area contributed by atoms with Crippen LogP contribution >= 0.6 is 15.9 Å². The Kier molecular flexibility index (Phi) is 5.60. The lowest BCUT2D eigenvalue weighted by Crippen LogP contribution is -1.58. The summed E-state index contributed by atoms with van der Waals surface area (Å²) in [6.45, 7) is 0. The van der Waals surface area contributed by atoms with E-state index < -0.39 is 0 Å². The summed E-state index contributed by atoms with van der Waals surface area (Å²) in [5, 5.41) is 0.898. The summed E-state index contributed by atoms with van der Waals surface area (Å²) in [5.74, 6) is 2.49. The topological polar surface area (TPSA) is 0 Å². The van der Waals surface area contributed by atoms with E-state index in [4.69, 9.17) is 6.42 Å². The van der Waals surface area contributed by atoms with Crippen molar-refractivity contribution in [1.82, 2.24) is 0 Å². The van der Waals surface area contributed by atoms with Crippen molar-refractivity contribution in [3.8, 4) is 12.3 Å². The minimum atomic E-state index is 0.742. The molecule has 0 atom stereocenters. The first-order chi connectivity index (χ1) is 3.41. The largest absolute Gasteiger partial charge is 0.120 e. The van der Waals surface area contributed by atoms with Crippen molar-refractivity contribution < 1.29 is 0 Å². The molecular weight excluding hydrogens is 152 g/mol. The normalized spacial score (nSPS) is 9.14. The highest BCUT2D eigenvalue weighted by Crippen LogP contribution is 1.83. The van der Waals surface area contributed by atoms with Gasteiger partial charge in [0, 0.05) is 11.8 Å². The number of halogens is 1. The molecule has 7 heavy (non-hydrogen) atoms. The van der Waals surface area contributed by atoms with Crippen LogP contribution < -0.4 is 0 Å². The standard InChI is InChI=1S/C6H7Br/c1-2-3-4-5-6-7/h1,4-5H,3,6H2/b5-4+. The molecule has 38 valence electrons. The van der Waals surface area contributed by atoms with Gasteiger partial charge in [0.2, 0.25) is 0 Å². The molecule has 0 heterocycles. The molecule has 0 aliphatic rings. The average molecular weight is 159 g/mol. The van der Waals surface area contributed by atoms with Crippen LogP contribution in [0.1, 0.15) is 6.42 Å². The van der Waals surface area contributed by atoms with E-state index in [9.17, 15) is 0 Å². The Hall–Kier alpha value is -0.220. The summed E-state index contributed by atoms with van der Waals surface area (Å²) in [4.78, 5) is 0. The van der Waals surface area contributed by atoms with E-state index in [-0.39, 0.29) is 0 Å². The molecule has 0 aromatic heterocycles. The molecule has 0 rings (SSSR count). The lowest BCUT2D eigenvalue weighted by Gasteiger charge is -1.71. The molecule has 0 aliphatic heterocycles. The molecule has 0 unspecified atom stereocenters. The second-order valence-electron chi connectivity index (χ2n) is 1.03. The van der Waals surface area contributed by atoms with Gasteiger partial charge in [-0.05, 0) is 0 Å². The molecule has 0 spiro atoms. The zero-order valence-electron chi connectivity index (χ0n) is 4.02. The number of rotatable bonds is 2.